The Morgan fingerprint density at radius 3 is 0.488 bits per heavy atom. The molecule has 14 rings (SSSR count). The molecule has 0 atom stereocenters. The molecular formula is C66H62N2O14. The summed E-state index contributed by atoms with van der Waals surface area (Å²) >= 11 is 0. The van der Waals surface area contributed by atoms with Crippen LogP contribution in [0, 0.1) is 0 Å². The first kappa shape index (κ1) is 54.4. The molecule has 0 aliphatic carbocycles. The summed E-state index contributed by atoms with van der Waals surface area (Å²) in [4.78, 5) is 0. The number of rotatable bonds is 14. The second-order valence-electron chi connectivity index (χ2n) is 20.9. The van der Waals surface area contributed by atoms with Crippen molar-refractivity contribution in [3.05, 3.63) is 287 Å². The van der Waals surface area contributed by atoms with E-state index in [-0.39, 0.29) is 70.4 Å². The van der Waals surface area contributed by atoms with Crippen molar-refractivity contribution >= 4 is 0 Å². The first-order valence-corrected chi connectivity index (χ1v) is 27.5. The first-order chi connectivity index (χ1) is 39.9. The van der Waals surface area contributed by atoms with E-state index in [2.05, 4.69) is 0 Å². The van der Waals surface area contributed by atoms with Crippen molar-refractivity contribution in [3.63, 3.8) is 0 Å². The van der Waals surface area contributed by atoms with Gasteiger partial charge < -0.3 is 11.5 Å². The Hall–Kier alpha value is -6.88. The summed E-state index contributed by atoms with van der Waals surface area (Å²) in [6, 6.07) is 71.6. The molecule has 82 heavy (non-hydrogen) atoms. The fourth-order valence-electron chi connectivity index (χ4n) is 11.1. The van der Waals surface area contributed by atoms with Crippen molar-refractivity contribution in [2.24, 2.45) is 11.5 Å². The molecule has 8 bridgehead atoms. The number of ether oxygens (including phenoxy) is 14. The SMILES string of the molecule is CC1(CCCN)OC2(c3ccccc3)OC3(c4ccccc4)OC4(c5ccccc5)OC(C)(CCCN)OC5(c6ccccc6)OC(c6ccccc6)(OC(c6ccccc6)(O1)OC(c1ccccc1)(O5)OC(c1ccccc1)(O2)O4)O3. The lowest BCUT2D eigenvalue weighted by Gasteiger charge is -2.63. The van der Waals surface area contributed by atoms with Gasteiger partial charge >= 0.3 is 47.8 Å². The minimum atomic E-state index is -2.83. The van der Waals surface area contributed by atoms with Crippen LogP contribution in [-0.2, 0) is 114 Å². The zero-order valence-electron chi connectivity index (χ0n) is 45.2. The molecule has 0 radical (unpaired) electrons. The van der Waals surface area contributed by atoms with Gasteiger partial charge in [0.1, 0.15) is 0 Å². The maximum atomic E-state index is 8.03. The lowest BCUT2D eigenvalue weighted by Crippen LogP contribution is -2.73. The molecule has 16 nitrogen and oxygen atoms in total. The second kappa shape index (κ2) is 21.1. The van der Waals surface area contributed by atoms with Crippen LogP contribution >= 0.6 is 0 Å². The molecule has 4 N–H and O–H groups in total. The van der Waals surface area contributed by atoms with Gasteiger partial charge in [-0.15, -0.1) is 0 Å². The number of benzene rings is 8. The first-order valence-electron chi connectivity index (χ1n) is 27.5. The summed E-state index contributed by atoms with van der Waals surface area (Å²) in [6.07, 6.45) is 0.659. The molecule has 8 aromatic rings. The summed E-state index contributed by atoms with van der Waals surface area (Å²) in [7, 11) is 0. The van der Waals surface area contributed by atoms with E-state index in [9.17, 15) is 0 Å². The molecule has 0 spiro atoms. The van der Waals surface area contributed by atoms with Crippen LogP contribution in [0.4, 0.5) is 0 Å². The predicted octanol–water partition coefficient (Wildman–Crippen LogP) is 11.7. The van der Waals surface area contributed by atoms with E-state index in [0.717, 1.165) is 0 Å². The van der Waals surface area contributed by atoms with E-state index in [1.54, 1.807) is 159 Å². The van der Waals surface area contributed by atoms with Crippen molar-refractivity contribution in [3.8, 4) is 0 Å². The molecule has 6 aliphatic heterocycles. The van der Waals surface area contributed by atoms with Crippen molar-refractivity contribution in [2.75, 3.05) is 13.1 Å². The quantitative estimate of drug-likeness (QED) is 0.105. The highest BCUT2D eigenvalue weighted by molar-refractivity contribution is 5.32. The van der Waals surface area contributed by atoms with Gasteiger partial charge in [0, 0.05) is 57.3 Å². The molecule has 6 heterocycles. The van der Waals surface area contributed by atoms with Crippen LogP contribution in [0.15, 0.2) is 243 Å². The fourth-order valence-corrected chi connectivity index (χ4v) is 11.1. The Morgan fingerprint density at radius 2 is 0.354 bits per heavy atom. The lowest BCUT2D eigenvalue weighted by atomic mass is 10.0. The van der Waals surface area contributed by atoms with Crippen molar-refractivity contribution < 1.29 is 66.3 Å². The highest BCUT2D eigenvalue weighted by atomic mass is 17.2. The third-order valence-corrected chi connectivity index (χ3v) is 14.8. The molecule has 8 aromatic carbocycles. The maximum Gasteiger partial charge on any atom is 0.325 e. The number of nitrogens with two attached hydrogens (primary N) is 2. The Kier molecular flexibility index (Phi) is 14.0. The molecule has 6 saturated heterocycles. The highest BCUT2D eigenvalue weighted by Gasteiger charge is 2.77. The van der Waals surface area contributed by atoms with Crippen LogP contribution in [0.3, 0.4) is 0 Å². The minimum absolute atomic E-state index is 0.0260. The van der Waals surface area contributed by atoms with Crippen molar-refractivity contribution in [2.45, 2.75) is 98.9 Å². The number of fused-ring (bicyclic) bond motifs is 4. The predicted molar refractivity (Wildman–Crippen MR) is 294 cm³/mol. The molecule has 16 heteroatoms. The Labute approximate surface area is 475 Å². The molecule has 0 aromatic heterocycles. The summed E-state index contributed by atoms with van der Waals surface area (Å²) in [5, 5.41) is 0. The van der Waals surface area contributed by atoms with Crippen molar-refractivity contribution in [1.29, 1.82) is 0 Å². The van der Waals surface area contributed by atoms with Gasteiger partial charge in [-0.25, -0.2) is 0 Å². The zero-order chi connectivity index (χ0) is 56.0. The topological polar surface area (TPSA) is 181 Å². The third-order valence-electron chi connectivity index (χ3n) is 14.8. The van der Waals surface area contributed by atoms with Gasteiger partial charge in [0.2, 0.25) is 0 Å². The number of hydrogen-bond acceptors (Lipinski definition) is 16. The Morgan fingerprint density at radius 1 is 0.220 bits per heavy atom. The average Bonchev–Trinajstić information content (AvgIpc) is 0.918. The molecule has 420 valence electrons. The third kappa shape index (κ3) is 9.59. The van der Waals surface area contributed by atoms with E-state index in [0.29, 0.717) is 12.8 Å². The van der Waals surface area contributed by atoms with Gasteiger partial charge in [-0.2, -0.15) is 0 Å². The van der Waals surface area contributed by atoms with Gasteiger partial charge in [0.15, 0.2) is 11.6 Å². The zero-order valence-corrected chi connectivity index (χ0v) is 45.2. The summed E-state index contributed by atoms with van der Waals surface area (Å²) in [5.41, 5.74) is 14.6. The van der Waals surface area contributed by atoms with Crippen LogP contribution in [-0.4, -0.2) is 24.7 Å². The summed E-state index contributed by atoms with van der Waals surface area (Å²) in [5.74, 6) is -26.1. The van der Waals surface area contributed by atoms with Crippen LogP contribution in [0.1, 0.15) is 84.0 Å². The van der Waals surface area contributed by atoms with Gasteiger partial charge in [0.05, 0.1) is 0 Å². The smallest absolute Gasteiger partial charge is 0.325 e. The van der Waals surface area contributed by atoms with E-state index < -0.39 is 59.4 Å². The molecule has 0 amide bonds. The van der Waals surface area contributed by atoms with E-state index in [1.165, 1.54) is 0 Å². The normalized spacial score (nSPS) is 34.2. The van der Waals surface area contributed by atoms with E-state index in [4.69, 9.17) is 77.8 Å². The van der Waals surface area contributed by atoms with E-state index in [1.807, 2.05) is 97.1 Å². The highest BCUT2D eigenvalue weighted by Crippen LogP contribution is 2.66. The molecule has 0 unspecified atom stereocenters. The minimum Gasteiger partial charge on any atom is -0.330 e. The molecule has 0 saturated carbocycles. The summed E-state index contributed by atoms with van der Waals surface area (Å²) in [6.45, 7) is 3.81. The van der Waals surface area contributed by atoms with Crippen LogP contribution in [0.5, 0.6) is 0 Å². The monoisotopic (exact) mass is 1110 g/mol. The van der Waals surface area contributed by atoms with Gasteiger partial charge in [-0.05, 0) is 39.8 Å². The summed E-state index contributed by atoms with van der Waals surface area (Å²) < 4.78 is 111. The Balaban J connectivity index is 1.32. The fraction of sp³-hybridized carbons (Fsp3) is 0.273. The largest absolute Gasteiger partial charge is 0.330 e. The lowest BCUT2D eigenvalue weighted by molar-refractivity contribution is -0.781. The standard InChI is InChI=1S/C66H62N2O14/c1-57(45-27-47-67)69-59(49-29-11-3-12-30-49)73-63(53-37-19-7-20-38-53)77-61(51-33-15-5-16-34-51)71-58(2,46-28-48-68)72-62(52-35-17-6-18-36-52)79-65(81-63,55-41-23-9-24-42-55)75-60(70-57,50-31-13-4-14-32-50)76-66(80-62,56-43-25-10-26-44-56)82-64(74-59,78-61)54-39-21-8-22-40-54/h3-26,29-44H,27-28,45-48,67-68H2,1-2H3. The average molecular weight is 1110 g/mol. The molecular weight excluding hydrogens is 1040 g/mol. The van der Waals surface area contributed by atoms with Crippen LogP contribution < -0.4 is 11.5 Å². The molecule has 6 aliphatic rings. The van der Waals surface area contributed by atoms with Crippen LogP contribution in [0.2, 0.25) is 0 Å². The maximum absolute atomic E-state index is 8.03. The second-order valence-corrected chi connectivity index (χ2v) is 20.9. The Bertz CT molecular complexity index is 2960. The van der Waals surface area contributed by atoms with Crippen molar-refractivity contribution in [1.82, 2.24) is 0 Å². The van der Waals surface area contributed by atoms with Gasteiger partial charge in [-0.3, -0.25) is 66.3 Å². The number of hydrogen-bond donors (Lipinski definition) is 2. The molecule has 6 fully saturated rings. The van der Waals surface area contributed by atoms with Gasteiger partial charge in [-0.1, -0.05) is 243 Å². The van der Waals surface area contributed by atoms with Gasteiger partial charge in [0.25, 0.3) is 0 Å². The van der Waals surface area contributed by atoms with E-state index >= 15 is 0 Å². The van der Waals surface area contributed by atoms with Crippen LogP contribution in [0.25, 0.3) is 0 Å².